The number of carbonyl (C=O) groups excluding carboxylic acids is 1. The van der Waals surface area contributed by atoms with Crippen molar-refractivity contribution in [2.24, 2.45) is 0 Å². The number of halogens is 1. The van der Waals surface area contributed by atoms with Gasteiger partial charge in [-0.05, 0) is 26.8 Å². The molecule has 0 atom stereocenters. The predicted octanol–water partition coefficient (Wildman–Crippen LogP) is 2.46. The number of amides is 1. The Kier molecular flexibility index (Phi) is 4.46. The van der Waals surface area contributed by atoms with Crippen molar-refractivity contribution in [2.75, 3.05) is 18.4 Å². The van der Waals surface area contributed by atoms with Gasteiger partial charge in [0.25, 0.3) is 0 Å². The fourth-order valence-corrected chi connectivity index (χ4v) is 2.14. The van der Waals surface area contributed by atoms with E-state index in [0.29, 0.717) is 18.8 Å². The first kappa shape index (κ1) is 16.4. The first-order valence-corrected chi connectivity index (χ1v) is 7.17. The van der Waals surface area contributed by atoms with Gasteiger partial charge in [0, 0.05) is 19.3 Å². The molecule has 2 heterocycles. The quantitative estimate of drug-likeness (QED) is 0.829. The zero-order valence-electron chi connectivity index (χ0n) is 12.6. The van der Waals surface area contributed by atoms with Gasteiger partial charge in [-0.1, -0.05) is 11.6 Å². The van der Waals surface area contributed by atoms with Gasteiger partial charge in [-0.2, -0.15) is 0 Å². The summed E-state index contributed by atoms with van der Waals surface area (Å²) in [6, 6.07) is 1.41. The number of carbonyl (C=O) groups is 2. The Labute approximate surface area is 133 Å². The number of nitrogens with zero attached hydrogens (tertiary/aromatic N) is 2. The van der Waals surface area contributed by atoms with E-state index >= 15 is 0 Å². The summed E-state index contributed by atoms with van der Waals surface area (Å²) < 4.78 is 5.26. The summed E-state index contributed by atoms with van der Waals surface area (Å²) in [5.41, 5.74) is -0.105. The van der Waals surface area contributed by atoms with Crippen LogP contribution in [0, 0.1) is 0 Å². The lowest BCUT2D eigenvalue weighted by molar-refractivity contribution is 0.0104. The van der Waals surface area contributed by atoms with Gasteiger partial charge in [0.05, 0.1) is 11.7 Å². The molecule has 8 heteroatoms. The molecule has 120 valence electrons. The van der Waals surface area contributed by atoms with E-state index in [0.717, 1.165) is 0 Å². The molecule has 1 saturated heterocycles. The Hall–Kier alpha value is -2.02. The number of anilines is 1. The van der Waals surface area contributed by atoms with Crippen molar-refractivity contribution in [2.45, 2.75) is 32.4 Å². The lowest BCUT2D eigenvalue weighted by Crippen LogP contribution is -2.58. The summed E-state index contributed by atoms with van der Waals surface area (Å²) in [5.74, 6) is -1.09. The monoisotopic (exact) mass is 327 g/mol. The number of carboxylic acid groups (broad SMARTS) is 1. The van der Waals surface area contributed by atoms with Crippen LogP contribution in [0.1, 0.15) is 31.1 Å². The van der Waals surface area contributed by atoms with Crippen molar-refractivity contribution in [3.8, 4) is 0 Å². The zero-order valence-corrected chi connectivity index (χ0v) is 13.3. The molecule has 1 aliphatic heterocycles. The van der Waals surface area contributed by atoms with Crippen molar-refractivity contribution in [1.29, 1.82) is 0 Å². The van der Waals surface area contributed by atoms with Gasteiger partial charge in [-0.3, -0.25) is 0 Å². The smallest absolute Gasteiger partial charge is 0.410 e. The molecular weight excluding hydrogens is 310 g/mol. The molecule has 0 bridgehead atoms. The van der Waals surface area contributed by atoms with Crippen molar-refractivity contribution < 1.29 is 19.4 Å². The van der Waals surface area contributed by atoms with Gasteiger partial charge < -0.3 is 20.1 Å². The standard InChI is InChI=1S/C14H18ClN3O4/c1-14(2,3)22-13(21)18-6-8(7-18)17-10-4-11(15)16-5-9(10)12(19)20/h4-5,8H,6-7H2,1-3H3,(H,16,17)(H,19,20). The highest BCUT2D eigenvalue weighted by molar-refractivity contribution is 6.29. The van der Waals surface area contributed by atoms with E-state index in [1.54, 1.807) is 25.7 Å². The van der Waals surface area contributed by atoms with Crippen LogP contribution in [-0.4, -0.2) is 51.8 Å². The third kappa shape index (κ3) is 4.00. The summed E-state index contributed by atoms with van der Waals surface area (Å²) in [4.78, 5) is 28.3. The van der Waals surface area contributed by atoms with Crippen LogP contribution < -0.4 is 5.32 Å². The van der Waals surface area contributed by atoms with Crippen LogP contribution in [0.15, 0.2) is 12.3 Å². The highest BCUT2D eigenvalue weighted by atomic mass is 35.5. The van der Waals surface area contributed by atoms with Crippen LogP contribution >= 0.6 is 11.6 Å². The predicted molar refractivity (Wildman–Crippen MR) is 81.4 cm³/mol. The van der Waals surface area contributed by atoms with Crippen LogP contribution in [0.4, 0.5) is 10.5 Å². The van der Waals surface area contributed by atoms with Crippen LogP contribution in [0.3, 0.4) is 0 Å². The molecule has 0 radical (unpaired) electrons. The van der Waals surface area contributed by atoms with Gasteiger partial charge in [0.1, 0.15) is 16.3 Å². The molecule has 1 fully saturated rings. The average Bonchev–Trinajstić information content (AvgIpc) is 2.30. The van der Waals surface area contributed by atoms with Crippen molar-refractivity contribution in [3.63, 3.8) is 0 Å². The van der Waals surface area contributed by atoms with E-state index in [1.807, 2.05) is 0 Å². The van der Waals surface area contributed by atoms with Gasteiger partial charge in [0.15, 0.2) is 0 Å². The second-order valence-corrected chi connectivity index (χ2v) is 6.47. The molecule has 1 aliphatic rings. The summed E-state index contributed by atoms with van der Waals surface area (Å²) in [6.07, 6.45) is 0.828. The largest absolute Gasteiger partial charge is 0.478 e. The van der Waals surface area contributed by atoms with Crippen molar-refractivity contribution in [3.05, 3.63) is 23.0 Å². The Morgan fingerprint density at radius 3 is 2.64 bits per heavy atom. The Morgan fingerprint density at radius 1 is 1.45 bits per heavy atom. The van der Waals surface area contributed by atoms with Crippen LogP contribution in [0.25, 0.3) is 0 Å². The molecule has 0 saturated carbocycles. The number of rotatable bonds is 3. The number of hydrogen-bond acceptors (Lipinski definition) is 5. The zero-order chi connectivity index (χ0) is 16.5. The van der Waals surface area contributed by atoms with E-state index in [1.165, 1.54) is 12.3 Å². The molecular formula is C14H18ClN3O4. The molecule has 1 aromatic heterocycles. The molecule has 22 heavy (non-hydrogen) atoms. The molecule has 1 amide bonds. The van der Waals surface area contributed by atoms with Gasteiger partial charge in [-0.25, -0.2) is 14.6 Å². The minimum atomic E-state index is -1.09. The maximum absolute atomic E-state index is 11.8. The maximum Gasteiger partial charge on any atom is 0.410 e. The molecule has 2 N–H and O–H groups in total. The summed E-state index contributed by atoms with van der Waals surface area (Å²) in [7, 11) is 0. The first-order valence-electron chi connectivity index (χ1n) is 6.79. The Balaban J connectivity index is 1.94. The topological polar surface area (TPSA) is 91.8 Å². The molecule has 1 aromatic rings. The van der Waals surface area contributed by atoms with Gasteiger partial charge in [-0.15, -0.1) is 0 Å². The SMILES string of the molecule is CC(C)(C)OC(=O)N1CC(Nc2cc(Cl)ncc2C(=O)O)C1. The summed E-state index contributed by atoms with van der Waals surface area (Å²) >= 11 is 5.79. The molecule has 2 rings (SSSR count). The highest BCUT2D eigenvalue weighted by Crippen LogP contribution is 2.23. The molecule has 0 aliphatic carbocycles. The number of aromatic carboxylic acids is 1. The Bertz CT molecular complexity index is 594. The first-order chi connectivity index (χ1) is 10.2. The minimum Gasteiger partial charge on any atom is -0.478 e. The number of ether oxygens (including phenoxy) is 1. The number of likely N-dealkylation sites (tertiary alicyclic amines) is 1. The van der Waals surface area contributed by atoms with E-state index < -0.39 is 11.6 Å². The number of hydrogen-bond donors (Lipinski definition) is 2. The molecule has 0 spiro atoms. The minimum absolute atomic E-state index is 0.0418. The van der Waals surface area contributed by atoms with E-state index in [-0.39, 0.29) is 22.9 Å². The van der Waals surface area contributed by atoms with E-state index in [4.69, 9.17) is 21.4 Å². The number of nitrogens with one attached hydrogen (secondary N) is 1. The van der Waals surface area contributed by atoms with Crippen LogP contribution in [0.2, 0.25) is 5.15 Å². The summed E-state index contributed by atoms with van der Waals surface area (Å²) in [5, 5.41) is 12.4. The Morgan fingerprint density at radius 2 is 2.09 bits per heavy atom. The second-order valence-electron chi connectivity index (χ2n) is 6.08. The maximum atomic E-state index is 11.8. The molecule has 0 unspecified atom stereocenters. The lowest BCUT2D eigenvalue weighted by atomic mass is 10.1. The number of aromatic nitrogens is 1. The number of carboxylic acids is 1. The normalized spacial score (nSPS) is 15.2. The van der Waals surface area contributed by atoms with Crippen molar-refractivity contribution >= 4 is 29.4 Å². The fraction of sp³-hybridized carbons (Fsp3) is 0.500. The molecule has 0 aromatic carbocycles. The van der Waals surface area contributed by atoms with E-state index in [9.17, 15) is 9.59 Å². The third-order valence-corrected chi connectivity index (χ3v) is 3.20. The average molecular weight is 328 g/mol. The lowest BCUT2D eigenvalue weighted by Gasteiger charge is -2.40. The third-order valence-electron chi connectivity index (χ3n) is 2.99. The number of pyridine rings is 1. The fourth-order valence-electron chi connectivity index (χ4n) is 1.99. The van der Waals surface area contributed by atoms with Crippen molar-refractivity contribution in [1.82, 2.24) is 9.88 Å². The van der Waals surface area contributed by atoms with E-state index in [2.05, 4.69) is 10.3 Å². The van der Waals surface area contributed by atoms with Crippen LogP contribution in [-0.2, 0) is 4.74 Å². The summed E-state index contributed by atoms with van der Waals surface area (Å²) in [6.45, 7) is 6.29. The second kappa shape index (κ2) is 6.00. The van der Waals surface area contributed by atoms with Gasteiger partial charge in [0.2, 0.25) is 0 Å². The highest BCUT2D eigenvalue weighted by Gasteiger charge is 2.34. The van der Waals surface area contributed by atoms with Crippen LogP contribution in [0.5, 0.6) is 0 Å². The van der Waals surface area contributed by atoms with Gasteiger partial charge >= 0.3 is 12.1 Å². The molecule has 7 nitrogen and oxygen atoms in total.